The van der Waals surface area contributed by atoms with Gasteiger partial charge in [0.25, 0.3) is 0 Å². The Labute approximate surface area is 142 Å². The number of rotatable bonds is 4. The van der Waals surface area contributed by atoms with Gasteiger partial charge in [0, 0.05) is 32.0 Å². The number of methoxy groups -OCH3 is 1. The molecule has 2 heterocycles. The predicted octanol–water partition coefficient (Wildman–Crippen LogP) is 2.34. The summed E-state index contributed by atoms with van der Waals surface area (Å²) < 4.78 is 7.16. The van der Waals surface area contributed by atoms with Gasteiger partial charge in [-0.15, -0.1) is 0 Å². The molecule has 1 aliphatic heterocycles. The minimum absolute atomic E-state index is 0.127. The normalized spacial score (nSPS) is 30.2. The molecule has 4 rings (SSSR count). The van der Waals surface area contributed by atoms with Crippen LogP contribution in [0.4, 0.5) is 0 Å². The van der Waals surface area contributed by atoms with Crippen molar-refractivity contribution in [1.29, 1.82) is 0 Å². The fourth-order valence-electron chi connectivity index (χ4n) is 4.38. The van der Waals surface area contributed by atoms with E-state index in [1.165, 1.54) is 5.56 Å². The molecule has 5 nitrogen and oxygen atoms in total. The van der Waals surface area contributed by atoms with Crippen LogP contribution >= 0.6 is 0 Å². The highest BCUT2D eigenvalue weighted by Gasteiger charge is 2.42. The third-order valence-electron chi connectivity index (χ3n) is 5.61. The number of aromatic nitrogens is 2. The lowest BCUT2D eigenvalue weighted by atomic mass is 9.77. The average Bonchev–Trinajstić information content (AvgIpc) is 3.23. The SMILES string of the molecule is COc1ccc(CN2C[C@H]3C[C@H](O)[C@@H](n4cccn4)C[C@H]3C2)cc1. The lowest BCUT2D eigenvalue weighted by Gasteiger charge is -2.35. The van der Waals surface area contributed by atoms with Crippen LogP contribution in [0.15, 0.2) is 42.7 Å². The summed E-state index contributed by atoms with van der Waals surface area (Å²) in [6.45, 7) is 3.17. The number of aliphatic hydroxyl groups is 1. The highest BCUT2D eigenvalue weighted by Crippen LogP contribution is 2.41. The van der Waals surface area contributed by atoms with Crippen LogP contribution in [0.25, 0.3) is 0 Å². The standard InChI is InChI=1S/C19H25N3O2/c1-24-17-5-3-14(4-6-17)11-21-12-15-9-18(22-8-2-7-20-22)19(23)10-16(15)13-21/h2-8,15-16,18-19,23H,9-13H2,1H3/t15-,16+,18-,19-/m0/s1. The number of ether oxygens (including phenoxy) is 1. The molecular formula is C19H25N3O2. The van der Waals surface area contributed by atoms with Gasteiger partial charge in [-0.25, -0.2) is 0 Å². The third-order valence-corrected chi connectivity index (χ3v) is 5.61. The smallest absolute Gasteiger partial charge is 0.118 e. The number of benzene rings is 1. The van der Waals surface area contributed by atoms with Crippen molar-refractivity contribution in [1.82, 2.24) is 14.7 Å². The first-order chi connectivity index (χ1) is 11.7. The molecule has 128 valence electrons. The van der Waals surface area contributed by atoms with E-state index < -0.39 is 0 Å². The van der Waals surface area contributed by atoms with Crippen molar-refractivity contribution in [3.05, 3.63) is 48.3 Å². The zero-order valence-corrected chi connectivity index (χ0v) is 14.1. The molecular weight excluding hydrogens is 302 g/mol. The quantitative estimate of drug-likeness (QED) is 0.936. The maximum atomic E-state index is 10.5. The number of hydrogen-bond donors (Lipinski definition) is 1. The molecule has 2 fully saturated rings. The third kappa shape index (κ3) is 3.06. The summed E-state index contributed by atoms with van der Waals surface area (Å²) in [7, 11) is 1.70. The Hall–Kier alpha value is -1.85. The van der Waals surface area contributed by atoms with Gasteiger partial charge in [-0.2, -0.15) is 5.10 Å². The molecule has 1 aromatic heterocycles. The summed E-state index contributed by atoms with van der Waals surface area (Å²) in [6.07, 6.45) is 5.38. The molecule has 1 aromatic carbocycles. The van der Waals surface area contributed by atoms with Crippen LogP contribution in [0.2, 0.25) is 0 Å². The van der Waals surface area contributed by atoms with Gasteiger partial charge in [0.2, 0.25) is 0 Å². The molecule has 0 radical (unpaired) electrons. The van der Waals surface area contributed by atoms with E-state index in [4.69, 9.17) is 4.74 Å². The number of hydrogen-bond acceptors (Lipinski definition) is 4. The average molecular weight is 327 g/mol. The van der Waals surface area contributed by atoms with Gasteiger partial charge >= 0.3 is 0 Å². The van der Waals surface area contributed by atoms with Crippen molar-refractivity contribution in [3.63, 3.8) is 0 Å². The van der Waals surface area contributed by atoms with Gasteiger partial charge in [-0.3, -0.25) is 9.58 Å². The Morgan fingerprint density at radius 3 is 2.58 bits per heavy atom. The maximum Gasteiger partial charge on any atom is 0.118 e. The summed E-state index contributed by atoms with van der Waals surface area (Å²) >= 11 is 0. The fourth-order valence-corrected chi connectivity index (χ4v) is 4.38. The molecule has 2 aromatic rings. The molecule has 1 saturated heterocycles. The Kier molecular flexibility index (Phi) is 4.29. The highest BCUT2D eigenvalue weighted by atomic mass is 16.5. The molecule has 0 bridgehead atoms. The predicted molar refractivity (Wildman–Crippen MR) is 91.8 cm³/mol. The zero-order valence-electron chi connectivity index (χ0n) is 14.1. The lowest BCUT2D eigenvalue weighted by molar-refractivity contribution is 0.0306. The molecule has 24 heavy (non-hydrogen) atoms. The van der Waals surface area contributed by atoms with Gasteiger partial charge in [0.15, 0.2) is 0 Å². The molecule has 5 heteroatoms. The van der Waals surface area contributed by atoms with E-state index in [1.807, 2.05) is 29.1 Å². The van der Waals surface area contributed by atoms with Crippen molar-refractivity contribution >= 4 is 0 Å². The van der Waals surface area contributed by atoms with Gasteiger partial charge < -0.3 is 9.84 Å². The zero-order chi connectivity index (χ0) is 16.5. The second-order valence-electron chi connectivity index (χ2n) is 7.15. The van der Waals surface area contributed by atoms with Gasteiger partial charge in [0.05, 0.1) is 19.3 Å². The number of fused-ring (bicyclic) bond motifs is 1. The highest BCUT2D eigenvalue weighted by molar-refractivity contribution is 5.27. The monoisotopic (exact) mass is 327 g/mol. The molecule has 0 spiro atoms. The molecule has 0 amide bonds. The lowest BCUT2D eigenvalue weighted by Crippen LogP contribution is -2.36. The number of likely N-dealkylation sites (tertiary alicyclic amines) is 1. The molecule has 4 atom stereocenters. The number of nitrogens with zero attached hydrogens (tertiary/aromatic N) is 3. The molecule has 1 N–H and O–H groups in total. The number of aliphatic hydroxyl groups excluding tert-OH is 1. The van der Waals surface area contributed by atoms with E-state index in [0.717, 1.165) is 38.2 Å². The minimum Gasteiger partial charge on any atom is -0.497 e. The first-order valence-electron chi connectivity index (χ1n) is 8.75. The van der Waals surface area contributed by atoms with E-state index in [-0.39, 0.29) is 12.1 Å². The topological polar surface area (TPSA) is 50.5 Å². The van der Waals surface area contributed by atoms with Crippen molar-refractivity contribution in [2.24, 2.45) is 11.8 Å². The Morgan fingerprint density at radius 1 is 1.17 bits per heavy atom. The summed E-state index contributed by atoms with van der Waals surface area (Å²) in [6, 6.07) is 10.4. The largest absolute Gasteiger partial charge is 0.497 e. The van der Waals surface area contributed by atoms with Gasteiger partial charge in [-0.1, -0.05) is 12.1 Å². The molecule has 1 aliphatic carbocycles. The summed E-state index contributed by atoms with van der Waals surface area (Å²) in [5.41, 5.74) is 1.32. The van der Waals surface area contributed by atoms with Gasteiger partial charge in [0.1, 0.15) is 5.75 Å². The second-order valence-corrected chi connectivity index (χ2v) is 7.15. The van der Waals surface area contributed by atoms with Crippen LogP contribution in [0.5, 0.6) is 5.75 Å². The molecule has 0 unspecified atom stereocenters. The summed E-state index contributed by atoms with van der Waals surface area (Å²) in [5.74, 6) is 2.16. The van der Waals surface area contributed by atoms with Gasteiger partial charge in [-0.05, 0) is 48.4 Å². The molecule has 2 aliphatic rings. The minimum atomic E-state index is -0.285. The van der Waals surface area contributed by atoms with Crippen LogP contribution in [0.3, 0.4) is 0 Å². The summed E-state index contributed by atoms with van der Waals surface area (Å²) in [4.78, 5) is 2.52. The van der Waals surface area contributed by atoms with E-state index >= 15 is 0 Å². The van der Waals surface area contributed by atoms with Crippen LogP contribution in [-0.2, 0) is 6.54 Å². The van der Waals surface area contributed by atoms with Crippen molar-refractivity contribution in [3.8, 4) is 5.75 Å². The van der Waals surface area contributed by atoms with Crippen LogP contribution in [-0.4, -0.2) is 46.1 Å². The van der Waals surface area contributed by atoms with E-state index in [2.05, 4.69) is 22.1 Å². The van der Waals surface area contributed by atoms with Crippen molar-refractivity contribution in [2.45, 2.75) is 31.5 Å². The second kappa shape index (κ2) is 6.57. The Morgan fingerprint density at radius 2 is 1.92 bits per heavy atom. The maximum absolute atomic E-state index is 10.5. The van der Waals surface area contributed by atoms with Crippen LogP contribution in [0.1, 0.15) is 24.4 Å². The first kappa shape index (κ1) is 15.7. The fraction of sp³-hybridized carbons (Fsp3) is 0.526. The Bertz CT molecular complexity index is 656. The van der Waals surface area contributed by atoms with E-state index in [9.17, 15) is 5.11 Å². The summed E-state index contributed by atoms with van der Waals surface area (Å²) in [5, 5.41) is 14.9. The van der Waals surface area contributed by atoms with Crippen molar-refractivity contribution in [2.75, 3.05) is 20.2 Å². The van der Waals surface area contributed by atoms with E-state index in [0.29, 0.717) is 11.8 Å². The van der Waals surface area contributed by atoms with Crippen molar-refractivity contribution < 1.29 is 9.84 Å². The molecule has 1 saturated carbocycles. The Balaban J connectivity index is 1.40. The van der Waals surface area contributed by atoms with Crippen LogP contribution in [0, 0.1) is 11.8 Å². The van der Waals surface area contributed by atoms with E-state index in [1.54, 1.807) is 13.3 Å². The first-order valence-corrected chi connectivity index (χ1v) is 8.75. The van der Waals surface area contributed by atoms with Crippen LogP contribution < -0.4 is 4.74 Å².